The number of hydrogen-bond donors (Lipinski definition) is 3. The van der Waals surface area contributed by atoms with Crippen LogP contribution in [-0.2, 0) is 14.3 Å². The highest BCUT2D eigenvalue weighted by Crippen LogP contribution is 2.44. The maximum absolute atomic E-state index is 11.9. The average Bonchev–Trinajstić information content (AvgIpc) is 2.23. The van der Waals surface area contributed by atoms with Crippen molar-refractivity contribution in [3.8, 4) is 0 Å². The van der Waals surface area contributed by atoms with E-state index in [1.807, 2.05) is 0 Å². The molecule has 0 unspecified atom stereocenters. The Morgan fingerprint density at radius 3 is 2.59 bits per heavy atom. The lowest BCUT2D eigenvalue weighted by Crippen LogP contribution is -2.53. The maximum atomic E-state index is 11.9. The van der Waals surface area contributed by atoms with Gasteiger partial charge in [0.2, 0.25) is 11.8 Å². The molecule has 98 valence electrons. The Kier molecular flexibility index (Phi) is 4.89. The highest BCUT2D eigenvalue weighted by molar-refractivity contribution is 5.83. The number of amides is 2. The van der Waals surface area contributed by atoms with Crippen LogP contribution in [0, 0.1) is 11.3 Å². The molecule has 1 aliphatic rings. The Morgan fingerprint density at radius 2 is 2.12 bits per heavy atom. The quantitative estimate of drug-likeness (QED) is 0.497. The second kappa shape index (κ2) is 5.97. The fourth-order valence-corrected chi connectivity index (χ4v) is 2.32. The average molecular weight is 243 g/mol. The summed E-state index contributed by atoms with van der Waals surface area (Å²) in [6.07, 6.45) is 1.69. The Morgan fingerprint density at radius 1 is 1.47 bits per heavy atom. The zero-order valence-electron chi connectivity index (χ0n) is 10.2. The summed E-state index contributed by atoms with van der Waals surface area (Å²) in [5, 5.41) is 2.77. The van der Waals surface area contributed by atoms with Gasteiger partial charge in [-0.05, 0) is 18.8 Å². The smallest absolute Gasteiger partial charge is 0.243 e. The van der Waals surface area contributed by atoms with Crippen molar-refractivity contribution < 1.29 is 14.3 Å². The number of carbonyl (C=O) groups is 2. The van der Waals surface area contributed by atoms with Gasteiger partial charge in [0.25, 0.3) is 0 Å². The van der Waals surface area contributed by atoms with Crippen molar-refractivity contribution in [2.24, 2.45) is 22.8 Å². The van der Waals surface area contributed by atoms with E-state index in [-0.39, 0.29) is 24.5 Å². The second-order valence-electron chi connectivity index (χ2n) is 4.77. The summed E-state index contributed by atoms with van der Waals surface area (Å²) in [5.74, 6) is 0.0405. The van der Waals surface area contributed by atoms with Crippen molar-refractivity contribution in [3.05, 3.63) is 0 Å². The molecule has 0 saturated heterocycles. The minimum atomic E-state index is -0.512. The van der Waals surface area contributed by atoms with Gasteiger partial charge in [-0.3, -0.25) is 9.59 Å². The Balaban J connectivity index is 2.18. The predicted molar refractivity (Wildman–Crippen MR) is 62.9 cm³/mol. The van der Waals surface area contributed by atoms with E-state index in [1.165, 1.54) is 0 Å². The Hall–Kier alpha value is -1.14. The summed E-state index contributed by atoms with van der Waals surface area (Å²) >= 11 is 0. The lowest BCUT2D eigenvalue weighted by Gasteiger charge is -2.44. The summed E-state index contributed by atoms with van der Waals surface area (Å²) in [7, 11) is 0. The molecule has 0 bridgehead atoms. The van der Waals surface area contributed by atoms with Crippen LogP contribution in [0.15, 0.2) is 0 Å². The summed E-state index contributed by atoms with van der Waals surface area (Å²) in [5.41, 5.74) is 10.2. The number of primary amides is 1. The molecule has 6 nitrogen and oxygen atoms in total. The van der Waals surface area contributed by atoms with Gasteiger partial charge in [-0.25, -0.2) is 0 Å². The SMILES string of the molecule is CC1CC(CN)(C(=O)NCCOCC(N)=O)C1. The molecule has 0 heterocycles. The van der Waals surface area contributed by atoms with Crippen molar-refractivity contribution in [2.75, 3.05) is 26.3 Å². The van der Waals surface area contributed by atoms with Gasteiger partial charge in [-0.15, -0.1) is 0 Å². The fourth-order valence-electron chi connectivity index (χ4n) is 2.32. The first-order chi connectivity index (χ1) is 8.00. The van der Waals surface area contributed by atoms with Gasteiger partial charge in [0.1, 0.15) is 6.61 Å². The van der Waals surface area contributed by atoms with E-state index in [0.717, 1.165) is 12.8 Å². The lowest BCUT2D eigenvalue weighted by atomic mass is 9.62. The molecule has 0 aromatic rings. The van der Waals surface area contributed by atoms with Crippen molar-refractivity contribution in [1.82, 2.24) is 5.32 Å². The highest BCUT2D eigenvalue weighted by atomic mass is 16.5. The predicted octanol–water partition coefficient (Wildman–Crippen LogP) is -1.02. The van der Waals surface area contributed by atoms with Gasteiger partial charge in [-0.1, -0.05) is 6.92 Å². The Labute approximate surface area is 101 Å². The number of hydrogen-bond acceptors (Lipinski definition) is 4. The lowest BCUT2D eigenvalue weighted by molar-refractivity contribution is -0.138. The van der Waals surface area contributed by atoms with Crippen LogP contribution >= 0.6 is 0 Å². The van der Waals surface area contributed by atoms with Crippen LogP contribution in [0.5, 0.6) is 0 Å². The van der Waals surface area contributed by atoms with Gasteiger partial charge >= 0.3 is 0 Å². The number of nitrogens with two attached hydrogens (primary N) is 2. The standard InChI is InChI=1S/C11H21N3O3/c1-8-4-11(5-8,7-12)10(16)14-2-3-17-6-9(13)15/h8H,2-7,12H2,1H3,(H2,13,15)(H,14,16). The molecular formula is C11H21N3O3. The molecule has 6 heteroatoms. The molecule has 1 saturated carbocycles. The van der Waals surface area contributed by atoms with E-state index in [9.17, 15) is 9.59 Å². The number of nitrogens with one attached hydrogen (secondary N) is 1. The van der Waals surface area contributed by atoms with Crippen LogP contribution in [0.4, 0.5) is 0 Å². The van der Waals surface area contributed by atoms with E-state index in [4.69, 9.17) is 16.2 Å². The van der Waals surface area contributed by atoms with E-state index < -0.39 is 5.91 Å². The van der Waals surface area contributed by atoms with Crippen molar-refractivity contribution in [2.45, 2.75) is 19.8 Å². The molecule has 0 aromatic carbocycles. The zero-order chi connectivity index (χ0) is 12.9. The first kappa shape index (κ1) is 13.9. The van der Waals surface area contributed by atoms with E-state index >= 15 is 0 Å². The molecule has 0 atom stereocenters. The largest absolute Gasteiger partial charge is 0.370 e. The first-order valence-corrected chi connectivity index (χ1v) is 5.84. The first-order valence-electron chi connectivity index (χ1n) is 5.84. The third kappa shape index (κ3) is 3.67. The number of ether oxygens (including phenoxy) is 1. The normalized spacial score (nSPS) is 27.3. The van der Waals surface area contributed by atoms with E-state index in [0.29, 0.717) is 19.0 Å². The van der Waals surface area contributed by atoms with Crippen LogP contribution in [0.2, 0.25) is 0 Å². The monoisotopic (exact) mass is 243 g/mol. The number of rotatable bonds is 7. The molecule has 0 aliphatic heterocycles. The molecule has 1 aliphatic carbocycles. The van der Waals surface area contributed by atoms with Crippen LogP contribution in [0.1, 0.15) is 19.8 Å². The maximum Gasteiger partial charge on any atom is 0.243 e. The van der Waals surface area contributed by atoms with Crippen LogP contribution < -0.4 is 16.8 Å². The van der Waals surface area contributed by atoms with Gasteiger partial charge < -0.3 is 21.5 Å². The molecular weight excluding hydrogens is 222 g/mol. The third-order valence-electron chi connectivity index (χ3n) is 3.13. The molecule has 1 fully saturated rings. The third-order valence-corrected chi connectivity index (χ3v) is 3.13. The van der Waals surface area contributed by atoms with E-state index in [1.54, 1.807) is 0 Å². The van der Waals surface area contributed by atoms with E-state index in [2.05, 4.69) is 12.2 Å². The molecule has 5 N–H and O–H groups in total. The minimum Gasteiger partial charge on any atom is -0.370 e. The van der Waals surface area contributed by atoms with Gasteiger partial charge in [0, 0.05) is 13.1 Å². The molecule has 2 amide bonds. The fraction of sp³-hybridized carbons (Fsp3) is 0.818. The molecule has 1 rings (SSSR count). The summed E-state index contributed by atoms with van der Waals surface area (Å²) < 4.78 is 4.94. The van der Waals surface area contributed by atoms with Crippen molar-refractivity contribution in [1.29, 1.82) is 0 Å². The second-order valence-corrected chi connectivity index (χ2v) is 4.77. The van der Waals surface area contributed by atoms with Crippen LogP contribution in [-0.4, -0.2) is 38.1 Å². The molecule has 0 aromatic heterocycles. The van der Waals surface area contributed by atoms with Crippen molar-refractivity contribution >= 4 is 11.8 Å². The Bertz CT molecular complexity index is 288. The van der Waals surface area contributed by atoms with Gasteiger partial charge in [0.05, 0.1) is 12.0 Å². The number of carbonyl (C=O) groups excluding carboxylic acids is 2. The topological polar surface area (TPSA) is 107 Å². The summed E-state index contributed by atoms with van der Waals surface area (Å²) in [6.45, 7) is 3.03. The van der Waals surface area contributed by atoms with Crippen LogP contribution in [0.3, 0.4) is 0 Å². The highest BCUT2D eigenvalue weighted by Gasteiger charge is 2.46. The van der Waals surface area contributed by atoms with Gasteiger partial charge in [-0.2, -0.15) is 0 Å². The van der Waals surface area contributed by atoms with Gasteiger partial charge in [0.15, 0.2) is 0 Å². The molecule has 0 radical (unpaired) electrons. The molecule has 17 heavy (non-hydrogen) atoms. The summed E-state index contributed by atoms with van der Waals surface area (Å²) in [4.78, 5) is 22.3. The van der Waals surface area contributed by atoms with Crippen molar-refractivity contribution in [3.63, 3.8) is 0 Å². The molecule has 0 spiro atoms. The summed E-state index contributed by atoms with van der Waals surface area (Å²) in [6, 6.07) is 0. The minimum absolute atomic E-state index is 0.0132. The van der Waals surface area contributed by atoms with Crippen LogP contribution in [0.25, 0.3) is 0 Å². The zero-order valence-corrected chi connectivity index (χ0v) is 10.2.